The second-order valence-electron chi connectivity index (χ2n) is 12.3. The van der Waals surface area contributed by atoms with Gasteiger partial charge in [0.25, 0.3) is 0 Å². The van der Waals surface area contributed by atoms with Crippen LogP contribution in [0.5, 0.6) is 0 Å². The van der Waals surface area contributed by atoms with Crippen LogP contribution in [0.4, 0.5) is 27.6 Å². The number of hydrogen-bond acceptors (Lipinski definition) is 6. The lowest BCUT2D eigenvalue weighted by Crippen LogP contribution is -2.35. The molecule has 1 fully saturated rings. The number of pyridine rings is 1. The van der Waals surface area contributed by atoms with E-state index in [1.165, 1.54) is 46.5 Å². The normalized spacial score (nSPS) is 16.8. The van der Waals surface area contributed by atoms with E-state index >= 15 is 8.78 Å². The number of aliphatic hydroxyl groups excluding tert-OH is 1. The zero-order valence-electron chi connectivity index (χ0n) is 27.5. The number of rotatable bonds is 10. The number of imidazole rings is 1. The number of methoxy groups -OCH3 is 1. The molecule has 3 aromatic heterocycles. The number of alkyl halides is 3. The maximum absolute atomic E-state index is 15.1. The second-order valence-corrected chi connectivity index (χ2v) is 12.7. The predicted molar refractivity (Wildman–Crippen MR) is 182 cm³/mol. The first-order chi connectivity index (χ1) is 24.3. The van der Waals surface area contributed by atoms with E-state index < -0.39 is 58.5 Å². The van der Waals surface area contributed by atoms with Crippen molar-refractivity contribution in [1.29, 1.82) is 0 Å². The Labute approximate surface area is 293 Å². The standard InChI is InChI=1S/C36H33ClF5N5O4/c1-46-28-17-23(36(40,41)42)31(32(37)34(28)44-29(46)18-48)22-5-4-14-47-26(22)11-12-27(47)35(50)19-15-24(38)33(25(39)16-19)45-30(49)6-3-13-43-20-7-9-21(51-2)10-8-20/h3-6,11-12,14-17,20-21,43,48H,7-10,13,18H2,1-2H3,(H,45,49)/b6-3+. The number of benzene rings is 2. The Kier molecular flexibility index (Phi) is 10.3. The van der Waals surface area contributed by atoms with E-state index in [1.54, 1.807) is 13.2 Å². The molecule has 9 nitrogen and oxygen atoms in total. The number of hydrogen-bond donors (Lipinski definition) is 3. The van der Waals surface area contributed by atoms with Crippen LogP contribution in [0.2, 0.25) is 5.02 Å². The highest BCUT2D eigenvalue weighted by atomic mass is 35.5. The quantitative estimate of drug-likeness (QED) is 0.0797. The van der Waals surface area contributed by atoms with E-state index in [4.69, 9.17) is 16.3 Å². The van der Waals surface area contributed by atoms with Gasteiger partial charge in [0.1, 0.15) is 35.3 Å². The summed E-state index contributed by atoms with van der Waals surface area (Å²) < 4.78 is 81.7. The van der Waals surface area contributed by atoms with Gasteiger partial charge in [-0.1, -0.05) is 23.7 Å². The van der Waals surface area contributed by atoms with Gasteiger partial charge in [0.05, 0.1) is 33.4 Å². The number of ether oxygens (including phenoxy) is 1. The zero-order chi connectivity index (χ0) is 36.6. The minimum Gasteiger partial charge on any atom is -0.388 e. The summed E-state index contributed by atoms with van der Waals surface area (Å²) >= 11 is 6.60. The maximum Gasteiger partial charge on any atom is 0.417 e. The molecule has 268 valence electrons. The summed E-state index contributed by atoms with van der Waals surface area (Å²) in [5.74, 6) is -3.88. The van der Waals surface area contributed by atoms with Gasteiger partial charge in [-0.3, -0.25) is 9.59 Å². The Hall–Kier alpha value is -4.63. The number of amides is 1. The van der Waals surface area contributed by atoms with E-state index in [-0.39, 0.29) is 50.8 Å². The predicted octanol–water partition coefficient (Wildman–Crippen LogP) is 7.21. The van der Waals surface area contributed by atoms with Crippen molar-refractivity contribution in [2.45, 2.75) is 50.6 Å². The fourth-order valence-electron chi connectivity index (χ4n) is 6.54. The monoisotopic (exact) mass is 729 g/mol. The molecule has 0 saturated heterocycles. The number of carbonyl (C=O) groups excluding carboxylic acids is 2. The Morgan fingerprint density at radius 1 is 1.08 bits per heavy atom. The van der Waals surface area contributed by atoms with Crippen molar-refractivity contribution in [1.82, 2.24) is 19.3 Å². The van der Waals surface area contributed by atoms with Gasteiger partial charge in [-0.15, -0.1) is 0 Å². The molecule has 15 heteroatoms. The van der Waals surface area contributed by atoms with Gasteiger partial charge in [-0.2, -0.15) is 13.2 Å². The maximum atomic E-state index is 15.1. The Bertz CT molecular complexity index is 2150. The van der Waals surface area contributed by atoms with Gasteiger partial charge < -0.3 is 29.4 Å². The fraction of sp³-hybridized carbons (Fsp3) is 0.306. The molecule has 0 atom stereocenters. The third kappa shape index (κ3) is 7.13. The number of nitrogens with one attached hydrogen (secondary N) is 2. The van der Waals surface area contributed by atoms with Crippen molar-refractivity contribution >= 4 is 45.5 Å². The van der Waals surface area contributed by atoms with E-state index in [0.717, 1.165) is 50.0 Å². The van der Waals surface area contributed by atoms with E-state index in [9.17, 15) is 27.9 Å². The van der Waals surface area contributed by atoms with E-state index in [1.807, 2.05) is 0 Å². The van der Waals surface area contributed by atoms with Crippen LogP contribution in [0.15, 0.2) is 60.8 Å². The van der Waals surface area contributed by atoms with Crippen LogP contribution in [-0.4, -0.2) is 56.5 Å². The van der Waals surface area contributed by atoms with Crippen molar-refractivity contribution in [2.75, 3.05) is 19.0 Å². The van der Waals surface area contributed by atoms with Crippen LogP contribution < -0.4 is 10.6 Å². The molecule has 1 amide bonds. The molecule has 51 heavy (non-hydrogen) atoms. The third-order valence-electron chi connectivity index (χ3n) is 9.20. The fourth-order valence-corrected chi connectivity index (χ4v) is 6.88. The van der Waals surface area contributed by atoms with Gasteiger partial charge in [0, 0.05) is 55.7 Å². The first kappa shape index (κ1) is 36.2. The SMILES string of the molecule is COC1CCC(NC/C=C/C(=O)Nc2c(F)cc(C(=O)c3ccc4c(-c5c(C(F)(F)F)cc6c(nc(CO)n6C)c5Cl)cccn34)cc2F)CC1. The van der Waals surface area contributed by atoms with E-state index in [0.29, 0.717) is 6.54 Å². The molecule has 0 radical (unpaired) electrons. The van der Waals surface area contributed by atoms with Gasteiger partial charge in [0.2, 0.25) is 11.7 Å². The summed E-state index contributed by atoms with van der Waals surface area (Å²) in [5.41, 5.74) is -2.41. The molecule has 3 N–H and O–H groups in total. The minimum absolute atomic E-state index is 0.0177. The summed E-state index contributed by atoms with van der Waals surface area (Å²) in [4.78, 5) is 30.2. The van der Waals surface area contributed by atoms with Crippen LogP contribution in [0, 0.1) is 11.6 Å². The van der Waals surface area contributed by atoms with Crippen molar-refractivity contribution in [3.63, 3.8) is 0 Å². The number of anilines is 1. The van der Waals surface area contributed by atoms with Crippen molar-refractivity contribution in [2.24, 2.45) is 7.05 Å². The molecule has 1 aliphatic carbocycles. The number of carbonyl (C=O) groups is 2. The summed E-state index contributed by atoms with van der Waals surface area (Å²) in [6.45, 7) is -0.147. The Morgan fingerprint density at radius 2 is 1.78 bits per heavy atom. The van der Waals surface area contributed by atoms with Crippen LogP contribution in [-0.2, 0) is 29.4 Å². The summed E-state index contributed by atoms with van der Waals surface area (Å²) in [5, 5.41) is 14.8. The minimum atomic E-state index is -4.85. The first-order valence-electron chi connectivity index (χ1n) is 16.1. The number of aliphatic hydroxyl groups is 1. The summed E-state index contributed by atoms with van der Waals surface area (Å²) in [6, 6.07) is 8.25. The lowest BCUT2D eigenvalue weighted by molar-refractivity contribution is -0.137. The topological polar surface area (TPSA) is 110 Å². The molecule has 0 unspecified atom stereocenters. The number of halogens is 6. The highest BCUT2D eigenvalue weighted by Gasteiger charge is 2.37. The van der Waals surface area contributed by atoms with Crippen molar-refractivity contribution in [3.8, 4) is 11.1 Å². The number of aromatic nitrogens is 3. The average Bonchev–Trinajstić information content (AvgIpc) is 3.69. The smallest absolute Gasteiger partial charge is 0.388 e. The van der Waals surface area contributed by atoms with Gasteiger partial charge in [-0.25, -0.2) is 13.8 Å². The molecule has 1 aliphatic rings. The number of fused-ring (bicyclic) bond motifs is 2. The Morgan fingerprint density at radius 3 is 2.43 bits per heavy atom. The number of nitrogens with zero attached hydrogens (tertiary/aromatic N) is 3. The largest absolute Gasteiger partial charge is 0.417 e. The molecule has 2 aromatic carbocycles. The third-order valence-corrected chi connectivity index (χ3v) is 9.57. The highest BCUT2D eigenvalue weighted by molar-refractivity contribution is 6.38. The molecule has 1 saturated carbocycles. The number of aryl methyl sites for hydroxylation is 1. The second kappa shape index (κ2) is 14.5. The van der Waals surface area contributed by atoms with Crippen molar-refractivity contribution in [3.05, 3.63) is 100 Å². The molecular weight excluding hydrogens is 697 g/mol. The van der Waals surface area contributed by atoms with Crippen LogP contribution >= 0.6 is 11.6 Å². The molecule has 3 heterocycles. The first-order valence-corrected chi connectivity index (χ1v) is 16.4. The highest BCUT2D eigenvalue weighted by Crippen LogP contribution is 2.46. The Balaban J connectivity index is 1.25. The lowest BCUT2D eigenvalue weighted by Gasteiger charge is -2.27. The molecule has 6 rings (SSSR count). The molecule has 5 aromatic rings. The molecule has 0 spiro atoms. The molecular formula is C36H33ClF5N5O4. The molecule has 0 aliphatic heterocycles. The van der Waals surface area contributed by atoms with Gasteiger partial charge >= 0.3 is 6.18 Å². The summed E-state index contributed by atoms with van der Waals surface area (Å²) in [6.07, 6.45) is 3.26. The van der Waals surface area contributed by atoms with Crippen LogP contribution in [0.3, 0.4) is 0 Å². The average molecular weight is 730 g/mol. The van der Waals surface area contributed by atoms with Crippen LogP contribution in [0.25, 0.3) is 27.7 Å². The van der Waals surface area contributed by atoms with Crippen LogP contribution in [0.1, 0.15) is 53.1 Å². The van der Waals surface area contributed by atoms with E-state index in [2.05, 4.69) is 15.6 Å². The zero-order valence-corrected chi connectivity index (χ0v) is 28.2. The molecule has 0 bridgehead atoms. The van der Waals surface area contributed by atoms with Gasteiger partial charge in [-0.05, 0) is 62.1 Å². The van der Waals surface area contributed by atoms with Crippen molar-refractivity contribution < 1.29 is 41.4 Å². The number of ketones is 1. The lowest BCUT2D eigenvalue weighted by atomic mass is 9.93. The summed E-state index contributed by atoms with van der Waals surface area (Å²) in [7, 11) is 3.15. The van der Waals surface area contributed by atoms with Gasteiger partial charge in [0.15, 0.2) is 0 Å².